The highest BCUT2D eigenvalue weighted by atomic mass is 35.5. The van der Waals surface area contributed by atoms with Crippen LogP contribution >= 0.6 is 11.6 Å². The van der Waals surface area contributed by atoms with E-state index in [0.29, 0.717) is 22.0 Å². The van der Waals surface area contributed by atoms with Gasteiger partial charge in [-0.2, -0.15) is 0 Å². The molecule has 2 aromatic carbocycles. The van der Waals surface area contributed by atoms with Gasteiger partial charge in [0.25, 0.3) is 10.0 Å². The largest absolute Gasteiger partial charge is 0.326 e. The first-order chi connectivity index (χ1) is 10.3. The SMILES string of the molecule is Cc1ccc(NS(=O)(=O)c2ccc3c(c2)CC(=O)N3)c(Cl)c1. The Kier molecular flexibility index (Phi) is 3.58. The Bertz CT molecular complexity index is 878. The van der Waals surface area contributed by atoms with Crippen molar-refractivity contribution in [3.8, 4) is 0 Å². The van der Waals surface area contributed by atoms with Crippen molar-refractivity contribution >= 4 is 38.9 Å². The predicted molar refractivity (Wildman–Crippen MR) is 85.8 cm³/mol. The Morgan fingerprint density at radius 1 is 1.18 bits per heavy atom. The molecule has 0 fully saturated rings. The molecule has 0 aliphatic carbocycles. The molecule has 0 aromatic heterocycles. The van der Waals surface area contributed by atoms with Crippen molar-refractivity contribution in [3.63, 3.8) is 0 Å². The van der Waals surface area contributed by atoms with Crippen molar-refractivity contribution < 1.29 is 13.2 Å². The zero-order valence-corrected chi connectivity index (χ0v) is 13.3. The van der Waals surface area contributed by atoms with Crippen LogP contribution in [0.1, 0.15) is 11.1 Å². The fourth-order valence-corrected chi connectivity index (χ4v) is 3.75. The molecule has 0 saturated carbocycles. The van der Waals surface area contributed by atoms with Gasteiger partial charge in [0, 0.05) is 5.69 Å². The monoisotopic (exact) mass is 336 g/mol. The molecule has 22 heavy (non-hydrogen) atoms. The van der Waals surface area contributed by atoms with Crippen molar-refractivity contribution in [1.82, 2.24) is 0 Å². The van der Waals surface area contributed by atoms with Crippen LogP contribution in [0.3, 0.4) is 0 Å². The van der Waals surface area contributed by atoms with Crippen LogP contribution in [0.25, 0.3) is 0 Å². The van der Waals surface area contributed by atoms with Gasteiger partial charge in [-0.25, -0.2) is 8.42 Å². The average Bonchev–Trinajstić information content (AvgIpc) is 2.81. The molecule has 114 valence electrons. The molecule has 0 bridgehead atoms. The van der Waals surface area contributed by atoms with E-state index in [2.05, 4.69) is 10.0 Å². The summed E-state index contributed by atoms with van der Waals surface area (Å²) in [6.07, 6.45) is 0.185. The summed E-state index contributed by atoms with van der Waals surface area (Å²) in [5.41, 5.74) is 2.58. The second-order valence-corrected chi connectivity index (χ2v) is 7.22. The summed E-state index contributed by atoms with van der Waals surface area (Å²) in [5.74, 6) is -0.140. The molecular formula is C15H13ClN2O3S. The van der Waals surface area contributed by atoms with Crippen LogP contribution in [-0.4, -0.2) is 14.3 Å². The van der Waals surface area contributed by atoms with Gasteiger partial charge >= 0.3 is 0 Å². The molecule has 0 saturated heterocycles. The number of sulfonamides is 1. The number of aryl methyl sites for hydroxylation is 1. The third-order valence-corrected chi connectivity index (χ3v) is 5.06. The zero-order valence-electron chi connectivity index (χ0n) is 11.7. The number of fused-ring (bicyclic) bond motifs is 1. The van der Waals surface area contributed by atoms with E-state index < -0.39 is 10.0 Å². The van der Waals surface area contributed by atoms with E-state index in [9.17, 15) is 13.2 Å². The van der Waals surface area contributed by atoms with E-state index in [1.165, 1.54) is 12.1 Å². The molecule has 3 rings (SSSR count). The molecule has 7 heteroatoms. The first kappa shape index (κ1) is 14.9. The van der Waals surface area contributed by atoms with Crippen molar-refractivity contribution in [2.45, 2.75) is 18.2 Å². The van der Waals surface area contributed by atoms with Crippen molar-refractivity contribution in [2.24, 2.45) is 0 Å². The minimum absolute atomic E-state index is 0.0967. The number of benzene rings is 2. The number of carbonyl (C=O) groups is 1. The number of hydrogen-bond acceptors (Lipinski definition) is 3. The van der Waals surface area contributed by atoms with Crippen molar-refractivity contribution in [3.05, 3.63) is 52.5 Å². The molecule has 0 radical (unpaired) electrons. The molecule has 1 amide bonds. The van der Waals surface area contributed by atoms with Crippen LogP contribution in [0, 0.1) is 6.92 Å². The molecular weight excluding hydrogens is 324 g/mol. The molecule has 5 nitrogen and oxygen atoms in total. The topological polar surface area (TPSA) is 75.3 Å². The summed E-state index contributed by atoms with van der Waals surface area (Å²) in [6, 6.07) is 9.62. The maximum Gasteiger partial charge on any atom is 0.261 e. The van der Waals surface area contributed by atoms with Gasteiger partial charge in [-0.15, -0.1) is 0 Å². The van der Waals surface area contributed by atoms with E-state index >= 15 is 0 Å². The minimum atomic E-state index is -3.76. The third-order valence-electron chi connectivity index (χ3n) is 3.38. The molecule has 1 aliphatic rings. The predicted octanol–water partition coefficient (Wildman–Crippen LogP) is 2.94. The number of anilines is 2. The van der Waals surface area contributed by atoms with Crippen LogP contribution in [0.4, 0.5) is 11.4 Å². The molecule has 1 aliphatic heterocycles. The lowest BCUT2D eigenvalue weighted by molar-refractivity contribution is -0.115. The Morgan fingerprint density at radius 3 is 2.68 bits per heavy atom. The van der Waals surface area contributed by atoms with E-state index in [1.54, 1.807) is 24.3 Å². The van der Waals surface area contributed by atoms with Gasteiger partial charge in [-0.05, 0) is 48.4 Å². The Balaban J connectivity index is 1.94. The first-order valence-electron chi connectivity index (χ1n) is 6.57. The Labute approximate surface area is 133 Å². The van der Waals surface area contributed by atoms with Crippen LogP contribution in [0.15, 0.2) is 41.3 Å². The van der Waals surface area contributed by atoms with Gasteiger partial charge in [0.2, 0.25) is 5.91 Å². The van der Waals surface area contributed by atoms with E-state index in [-0.39, 0.29) is 17.2 Å². The first-order valence-corrected chi connectivity index (χ1v) is 8.43. The molecule has 2 N–H and O–H groups in total. The lowest BCUT2D eigenvalue weighted by Gasteiger charge is -2.11. The zero-order chi connectivity index (χ0) is 15.9. The highest BCUT2D eigenvalue weighted by Gasteiger charge is 2.22. The molecule has 1 heterocycles. The maximum absolute atomic E-state index is 12.4. The van der Waals surface area contributed by atoms with Crippen LogP contribution in [-0.2, 0) is 21.2 Å². The molecule has 0 unspecified atom stereocenters. The van der Waals surface area contributed by atoms with Crippen molar-refractivity contribution in [1.29, 1.82) is 0 Å². The Morgan fingerprint density at radius 2 is 1.95 bits per heavy atom. The van der Waals surface area contributed by atoms with Gasteiger partial charge in [-0.3, -0.25) is 9.52 Å². The lowest BCUT2D eigenvalue weighted by atomic mass is 10.2. The quantitative estimate of drug-likeness (QED) is 0.904. The fraction of sp³-hybridized carbons (Fsp3) is 0.133. The third kappa shape index (κ3) is 2.80. The van der Waals surface area contributed by atoms with Gasteiger partial charge in [0.05, 0.1) is 22.0 Å². The summed E-state index contributed by atoms with van der Waals surface area (Å²) in [5, 5.41) is 3.00. The molecule has 2 aromatic rings. The smallest absolute Gasteiger partial charge is 0.261 e. The highest BCUT2D eigenvalue weighted by molar-refractivity contribution is 7.92. The number of nitrogens with one attached hydrogen (secondary N) is 2. The lowest BCUT2D eigenvalue weighted by Crippen LogP contribution is -2.13. The maximum atomic E-state index is 12.4. The van der Waals surface area contributed by atoms with Crippen LogP contribution in [0.2, 0.25) is 5.02 Å². The molecule has 0 spiro atoms. The van der Waals surface area contributed by atoms with E-state index in [0.717, 1.165) is 5.56 Å². The summed E-state index contributed by atoms with van der Waals surface area (Å²) in [6.45, 7) is 1.87. The number of carbonyl (C=O) groups excluding carboxylic acids is 1. The number of halogens is 1. The fourth-order valence-electron chi connectivity index (χ4n) is 2.28. The normalized spacial score (nSPS) is 13.6. The van der Waals surface area contributed by atoms with Gasteiger partial charge in [-0.1, -0.05) is 17.7 Å². The number of amides is 1. The Hall–Kier alpha value is -2.05. The average molecular weight is 337 g/mol. The summed E-state index contributed by atoms with van der Waals surface area (Å²) in [7, 11) is -3.76. The summed E-state index contributed by atoms with van der Waals surface area (Å²) < 4.78 is 27.4. The van der Waals surface area contributed by atoms with Gasteiger partial charge in [0.15, 0.2) is 0 Å². The van der Waals surface area contributed by atoms with Gasteiger partial charge < -0.3 is 5.32 Å². The van der Waals surface area contributed by atoms with Crippen LogP contribution in [0.5, 0.6) is 0 Å². The van der Waals surface area contributed by atoms with Gasteiger partial charge in [0.1, 0.15) is 0 Å². The number of hydrogen-bond donors (Lipinski definition) is 2. The van der Waals surface area contributed by atoms with Crippen molar-refractivity contribution in [2.75, 3.05) is 10.0 Å². The van der Waals surface area contributed by atoms with E-state index in [4.69, 9.17) is 11.6 Å². The summed E-state index contributed by atoms with van der Waals surface area (Å²) >= 11 is 6.05. The summed E-state index contributed by atoms with van der Waals surface area (Å²) in [4.78, 5) is 11.4. The molecule has 0 atom stereocenters. The highest BCUT2D eigenvalue weighted by Crippen LogP contribution is 2.29. The second kappa shape index (κ2) is 5.30. The standard InChI is InChI=1S/C15H13ClN2O3S/c1-9-2-4-14(12(16)6-9)18-22(20,21)11-3-5-13-10(7-11)8-15(19)17-13/h2-7,18H,8H2,1H3,(H,17,19). The second-order valence-electron chi connectivity index (χ2n) is 5.13. The van der Waals surface area contributed by atoms with Crippen LogP contribution < -0.4 is 10.0 Å². The van der Waals surface area contributed by atoms with E-state index in [1.807, 2.05) is 6.92 Å². The number of rotatable bonds is 3. The minimum Gasteiger partial charge on any atom is -0.326 e.